The van der Waals surface area contributed by atoms with E-state index in [4.69, 9.17) is 10.5 Å². The number of hydrogen-bond donors (Lipinski definition) is 1. The molecule has 1 saturated heterocycles. The molecule has 1 aromatic heterocycles. The second-order valence-corrected chi connectivity index (χ2v) is 4.42. The van der Waals surface area contributed by atoms with Gasteiger partial charge in [-0.1, -0.05) is 0 Å². The fourth-order valence-corrected chi connectivity index (χ4v) is 2.01. The van der Waals surface area contributed by atoms with E-state index in [1.807, 2.05) is 6.92 Å². The van der Waals surface area contributed by atoms with Crippen molar-refractivity contribution in [1.82, 2.24) is 9.97 Å². The predicted octanol–water partition coefficient (Wildman–Crippen LogP) is 0.931. The maximum Gasteiger partial charge on any atom is 0.405 e. The summed E-state index contributed by atoms with van der Waals surface area (Å²) in [6.45, 7) is 3.47. The molecule has 1 amide bonds. The topological polar surface area (TPSA) is 81.3 Å². The van der Waals surface area contributed by atoms with Crippen LogP contribution in [0.4, 0.5) is 10.6 Å². The van der Waals surface area contributed by atoms with Crippen LogP contribution in [0.25, 0.3) is 0 Å². The van der Waals surface area contributed by atoms with Crippen molar-refractivity contribution in [2.75, 3.05) is 18.0 Å². The minimum absolute atomic E-state index is 0.454. The molecule has 1 aliphatic rings. The second-order valence-electron chi connectivity index (χ2n) is 4.42. The molecular weight excluding hydrogens is 220 g/mol. The summed E-state index contributed by atoms with van der Waals surface area (Å²) in [5, 5.41) is 0. The zero-order valence-corrected chi connectivity index (χ0v) is 9.80. The first-order chi connectivity index (χ1) is 8.09. The van der Waals surface area contributed by atoms with Crippen molar-refractivity contribution in [3.8, 4) is 0 Å². The van der Waals surface area contributed by atoms with Gasteiger partial charge in [0.1, 0.15) is 11.4 Å². The Balaban J connectivity index is 1.96. The number of nitrogens with zero attached hydrogens (tertiary/aromatic N) is 3. The van der Waals surface area contributed by atoms with Gasteiger partial charge in [0.05, 0.1) is 6.20 Å². The van der Waals surface area contributed by atoms with Crippen LogP contribution in [0.1, 0.15) is 19.8 Å². The highest BCUT2D eigenvalue weighted by atomic mass is 16.6. The molecule has 0 bridgehead atoms. The van der Waals surface area contributed by atoms with Crippen molar-refractivity contribution in [1.29, 1.82) is 0 Å². The lowest BCUT2D eigenvalue weighted by Crippen LogP contribution is -2.46. The van der Waals surface area contributed by atoms with Crippen molar-refractivity contribution in [2.24, 2.45) is 5.73 Å². The van der Waals surface area contributed by atoms with Gasteiger partial charge in [-0.05, 0) is 6.92 Å². The fourth-order valence-electron chi connectivity index (χ4n) is 2.01. The van der Waals surface area contributed by atoms with E-state index < -0.39 is 11.7 Å². The van der Waals surface area contributed by atoms with Crippen LogP contribution in [0.2, 0.25) is 0 Å². The molecule has 1 aliphatic heterocycles. The number of aromatic nitrogens is 2. The Kier molecular flexibility index (Phi) is 3.12. The van der Waals surface area contributed by atoms with Crippen LogP contribution in [-0.2, 0) is 4.74 Å². The van der Waals surface area contributed by atoms with Gasteiger partial charge in [0.25, 0.3) is 0 Å². The Hall–Kier alpha value is -1.85. The maximum atomic E-state index is 10.8. The smallest absolute Gasteiger partial charge is 0.405 e. The summed E-state index contributed by atoms with van der Waals surface area (Å²) in [7, 11) is 0. The van der Waals surface area contributed by atoms with Gasteiger partial charge >= 0.3 is 6.09 Å². The molecule has 0 aromatic carbocycles. The fraction of sp³-hybridized carbons (Fsp3) is 0.545. The number of carbonyl (C=O) groups is 1. The van der Waals surface area contributed by atoms with Gasteiger partial charge in [-0.15, -0.1) is 0 Å². The molecule has 0 unspecified atom stereocenters. The third kappa shape index (κ3) is 2.83. The monoisotopic (exact) mass is 236 g/mol. The van der Waals surface area contributed by atoms with Gasteiger partial charge in [0, 0.05) is 38.3 Å². The summed E-state index contributed by atoms with van der Waals surface area (Å²) < 4.78 is 5.14. The lowest BCUT2D eigenvalue weighted by atomic mass is 9.93. The summed E-state index contributed by atoms with van der Waals surface area (Å²) in [5.74, 6) is 0.855. The molecule has 92 valence electrons. The number of primary amides is 1. The summed E-state index contributed by atoms with van der Waals surface area (Å²) in [6, 6.07) is 0. The third-order valence-electron chi connectivity index (χ3n) is 3.04. The van der Waals surface area contributed by atoms with Crippen LogP contribution in [0, 0.1) is 0 Å². The number of anilines is 1. The van der Waals surface area contributed by atoms with Crippen LogP contribution < -0.4 is 10.6 Å². The average molecular weight is 236 g/mol. The molecule has 17 heavy (non-hydrogen) atoms. The summed E-state index contributed by atoms with van der Waals surface area (Å²) in [6.07, 6.45) is 5.83. The Morgan fingerprint density at radius 3 is 2.71 bits per heavy atom. The molecule has 0 atom stereocenters. The van der Waals surface area contributed by atoms with E-state index in [1.165, 1.54) is 0 Å². The van der Waals surface area contributed by atoms with E-state index in [1.54, 1.807) is 18.6 Å². The molecule has 1 fully saturated rings. The van der Waals surface area contributed by atoms with E-state index in [0.29, 0.717) is 0 Å². The minimum atomic E-state index is -0.708. The van der Waals surface area contributed by atoms with Crippen molar-refractivity contribution in [2.45, 2.75) is 25.4 Å². The molecular formula is C11H16N4O2. The van der Waals surface area contributed by atoms with Gasteiger partial charge in [-0.25, -0.2) is 9.78 Å². The van der Waals surface area contributed by atoms with E-state index in [2.05, 4.69) is 14.9 Å². The van der Waals surface area contributed by atoms with Gasteiger partial charge in [-0.3, -0.25) is 4.98 Å². The molecule has 1 aromatic rings. The van der Waals surface area contributed by atoms with E-state index in [-0.39, 0.29) is 0 Å². The predicted molar refractivity (Wildman–Crippen MR) is 62.6 cm³/mol. The number of amides is 1. The standard InChI is InChI=1S/C11H16N4O2/c1-11(17-10(12)16)2-6-15(7-3-11)9-8-13-4-5-14-9/h4-5,8H,2-3,6-7H2,1H3,(H2,12,16). The molecule has 6 nitrogen and oxygen atoms in total. The number of hydrogen-bond acceptors (Lipinski definition) is 5. The van der Waals surface area contributed by atoms with E-state index >= 15 is 0 Å². The van der Waals surface area contributed by atoms with Crippen LogP contribution in [0.15, 0.2) is 18.6 Å². The Bertz CT molecular complexity index is 388. The highest BCUT2D eigenvalue weighted by Crippen LogP contribution is 2.27. The van der Waals surface area contributed by atoms with Crippen LogP contribution in [-0.4, -0.2) is 34.8 Å². The lowest BCUT2D eigenvalue weighted by Gasteiger charge is -2.38. The van der Waals surface area contributed by atoms with Crippen molar-refractivity contribution in [3.05, 3.63) is 18.6 Å². The molecule has 0 radical (unpaired) electrons. The van der Waals surface area contributed by atoms with E-state index in [9.17, 15) is 4.79 Å². The van der Waals surface area contributed by atoms with Crippen LogP contribution in [0.3, 0.4) is 0 Å². The maximum absolute atomic E-state index is 10.8. The molecule has 2 rings (SSSR count). The van der Waals surface area contributed by atoms with Crippen molar-refractivity contribution in [3.63, 3.8) is 0 Å². The van der Waals surface area contributed by atoms with Gasteiger partial charge in [-0.2, -0.15) is 0 Å². The first kappa shape index (κ1) is 11.6. The normalized spacial score (nSPS) is 18.8. The van der Waals surface area contributed by atoms with Crippen LogP contribution in [0.5, 0.6) is 0 Å². The summed E-state index contributed by atoms with van der Waals surface area (Å²) >= 11 is 0. The third-order valence-corrected chi connectivity index (χ3v) is 3.04. The number of piperidine rings is 1. The number of nitrogens with two attached hydrogens (primary N) is 1. The quantitative estimate of drug-likeness (QED) is 0.826. The average Bonchev–Trinajstić information content (AvgIpc) is 2.29. The minimum Gasteiger partial charge on any atom is -0.443 e. The van der Waals surface area contributed by atoms with E-state index in [0.717, 1.165) is 31.7 Å². The largest absolute Gasteiger partial charge is 0.443 e. The molecule has 2 heterocycles. The number of carbonyl (C=O) groups excluding carboxylic acids is 1. The van der Waals surface area contributed by atoms with Crippen LogP contribution >= 0.6 is 0 Å². The lowest BCUT2D eigenvalue weighted by molar-refractivity contribution is 0.0126. The molecule has 2 N–H and O–H groups in total. The molecule has 6 heteroatoms. The zero-order valence-electron chi connectivity index (χ0n) is 9.80. The second kappa shape index (κ2) is 4.57. The Morgan fingerprint density at radius 1 is 1.47 bits per heavy atom. The molecule has 0 spiro atoms. The zero-order chi connectivity index (χ0) is 12.3. The highest BCUT2D eigenvalue weighted by Gasteiger charge is 2.33. The molecule has 0 aliphatic carbocycles. The van der Waals surface area contributed by atoms with Crippen molar-refractivity contribution < 1.29 is 9.53 Å². The Morgan fingerprint density at radius 2 is 2.18 bits per heavy atom. The number of ether oxygens (including phenoxy) is 1. The summed E-state index contributed by atoms with van der Waals surface area (Å²) in [4.78, 5) is 21.2. The molecule has 0 saturated carbocycles. The Labute approximate surface area is 99.8 Å². The highest BCUT2D eigenvalue weighted by molar-refractivity contribution is 5.65. The van der Waals surface area contributed by atoms with Gasteiger partial charge < -0.3 is 15.4 Å². The van der Waals surface area contributed by atoms with Gasteiger partial charge in [0.2, 0.25) is 0 Å². The number of rotatable bonds is 2. The summed E-state index contributed by atoms with van der Waals surface area (Å²) in [5.41, 5.74) is 4.60. The SMILES string of the molecule is CC1(OC(N)=O)CCN(c2cnccn2)CC1. The first-order valence-corrected chi connectivity index (χ1v) is 5.58. The van der Waals surface area contributed by atoms with Crippen molar-refractivity contribution >= 4 is 11.9 Å². The van der Waals surface area contributed by atoms with Gasteiger partial charge in [0.15, 0.2) is 0 Å². The first-order valence-electron chi connectivity index (χ1n) is 5.58.